The van der Waals surface area contributed by atoms with Crippen LogP contribution in [0.4, 0.5) is 11.4 Å². The van der Waals surface area contributed by atoms with Crippen molar-refractivity contribution in [3.8, 4) is 0 Å². The largest absolute Gasteiger partial charge is 0.370 e. The van der Waals surface area contributed by atoms with Gasteiger partial charge in [-0.05, 0) is 50.3 Å². The molecule has 1 heterocycles. The van der Waals surface area contributed by atoms with Gasteiger partial charge in [-0.2, -0.15) is 0 Å². The highest BCUT2D eigenvalue weighted by molar-refractivity contribution is 5.96. The molecule has 108 valence electrons. The van der Waals surface area contributed by atoms with E-state index in [1.54, 1.807) is 0 Å². The van der Waals surface area contributed by atoms with E-state index < -0.39 is 0 Å². The van der Waals surface area contributed by atoms with Crippen molar-refractivity contribution in [1.82, 2.24) is 0 Å². The fraction of sp³-hybridized carbons (Fsp3) is 0.588. The van der Waals surface area contributed by atoms with Crippen molar-refractivity contribution in [3.63, 3.8) is 0 Å². The van der Waals surface area contributed by atoms with Gasteiger partial charge in [0.15, 0.2) is 0 Å². The zero-order valence-electron chi connectivity index (χ0n) is 12.3. The Morgan fingerprint density at radius 2 is 1.85 bits per heavy atom. The molecule has 1 aliphatic carbocycles. The second-order valence-corrected chi connectivity index (χ2v) is 6.19. The van der Waals surface area contributed by atoms with Crippen LogP contribution in [0.5, 0.6) is 0 Å². The molecular weight excluding hydrogens is 248 g/mol. The molecule has 1 aliphatic heterocycles. The number of aryl methyl sites for hydroxylation is 1. The Hall–Kier alpha value is -1.51. The van der Waals surface area contributed by atoms with E-state index >= 15 is 0 Å². The quantitative estimate of drug-likeness (QED) is 0.909. The Bertz CT molecular complexity index is 486. The summed E-state index contributed by atoms with van der Waals surface area (Å²) in [4.78, 5) is 14.7. The summed E-state index contributed by atoms with van der Waals surface area (Å²) in [7, 11) is 0. The minimum absolute atomic E-state index is 0.215. The zero-order valence-corrected chi connectivity index (χ0v) is 12.3. The Balaban J connectivity index is 1.79. The van der Waals surface area contributed by atoms with Crippen LogP contribution >= 0.6 is 0 Å². The van der Waals surface area contributed by atoms with Crippen molar-refractivity contribution >= 4 is 17.3 Å². The van der Waals surface area contributed by atoms with E-state index in [9.17, 15) is 4.79 Å². The number of anilines is 2. The van der Waals surface area contributed by atoms with Gasteiger partial charge in [-0.1, -0.05) is 18.9 Å². The van der Waals surface area contributed by atoms with Crippen molar-refractivity contribution in [1.29, 1.82) is 0 Å². The maximum absolute atomic E-state index is 12.3. The van der Waals surface area contributed by atoms with Gasteiger partial charge in [0.2, 0.25) is 5.91 Å². The highest BCUT2D eigenvalue weighted by atomic mass is 16.1. The second kappa shape index (κ2) is 5.86. The Labute approximate surface area is 121 Å². The first kappa shape index (κ1) is 13.5. The number of nitrogens with zero attached hydrogens (tertiary/aromatic N) is 1. The molecule has 1 N–H and O–H groups in total. The van der Waals surface area contributed by atoms with E-state index in [2.05, 4.69) is 35.3 Å². The Morgan fingerprint density at radius 3 is 2.55 bits per heavy atom. The average molecular weight is 272 g/mol. The smallest absolute Gasteiger partial charge is 0.227 e. The molecular formula is C17H24N2O. The standard InChI is InChI=1S/C17H24N2O/c1-13-8-9-15(16(12-13)19-10-4-5-11-19)18-17(20)14-6-2-3-7-14/h8-9,12,14H,2-7,10-11H2,1H3,(H,18,20). The molecule has 2 fully saturated rings. The first-order chi connectivity index (χ1) is 9.74. The van der Waals surface area contributed by atoms with Gasteiger partial charge in [-0.3, -0.25) is 4.79 Å². The van der Waals surface area contributed by atoms with Gasteiger partial charge >= 0.3 is 0 Å². The maximum Gasteiger partial charge on any atom is 0.227 e. The van der Waals surface area contributed by atoms with E-state index in [0.29, 0.717) is 0 Å². The summed E-state index contributed by atoms with van der Waals surface area (Å²) in [6.07, 6.45) is 7.01. The van der Waals surface area contributed by atoms with E-state index in [-0.39, 0.29) is 11.8 Å². The summed E-state index contributed by atoms with van der Waals surface area (Å²) in [6, 6.07) is 6.36. The van der Waals surface area contributed by atoms with Crippen LogP contribution in [0, 0.1) is 12.8 Å². The van der Waals surface area contributed by atoms with E-state index in [4.69, 9.17) is 0 Å². The van der Waals surface area contributed by atoms with Gasteiger partial charge in [0.1, 0.15) is 0 Å². The summed E-state index contributed by atoms with van der Waals surface area (Å²) in [6.45, 7) is 4.33. The number of rotatable bonds is 3. The third kappa shape index (κ3) is 2.82. The van der Waals surface area contributed by atoms with Crippen molar-refractivity contribution in [2.75, 3.05) is 23.3 Å². The predicted octanol–water partition coefficient (Wildman–Crippen LogP) is 3.72. The Morgan fingerprint density at radius 1 is 1.15 bits per heavy atom. The molecule has 3 nitrogen and oxygen atoms in total. The molecule has 1 aromatic rings. The monoisotopic (exact) mass is 272 g/mol. The Kier molecular flexibility index (Phi) is 3.95. The molecule has 0 atom stereocenters. The molecule has 1 saturated heterocycles. The summed E-state index contributed by atoms with van der Waals surface area (Å²) >= 11 is 0. The summed E-state index contributed by atoms with van der Waals surface area (Å²) in [5.74, 6) is 0.439. The highest BCUT2D eigenvalue weighted by Gasteiger charge is 2.24. The second-order valence-electron chi connectivity index (χ2n) is 6.19. The third-order valence-electron chi connectivity index (χ3n) is 4.58. The molecule has 0 radical (unpaired) electrons. The van der Waals surface area contributed by atoms with Crippen LogP contribution in [-0.4, -0.2) is 19.0 Å². The number of benzene rings is 1. The molecule has 0 aromatic heterocycles. The number of hydrogen-bond acceptors (Lipinski definition) is 2. The van der Waals surface area contributed by atoms with Gasteiger partial charge in [0.25, 0.3) is 0 Å². The molecule has 1 amide bonds. The molecule has 1 aromatic carbocycles. The van der Waals surface area contributed by atoms with Crippen LogP contribution in [0.15, 0.2) is 18.2 Å². The van der Waals surface area contributed by atoms with Crippen molar-refractivity contribution in [3.05, 3.63) is 23.8 Å². The number of hydrogen-bond donors (Lipinski definition) is 1. The van der Waals surface area contributed by atoms with E-state index in [1.807, 2.05) is 0 Å². The third-order valence-corrected chi connectivity index (χ3v) is 4.58. The lowest BCUT2D eigenvalue weighted by Gasteiger charge is -2.23. The van der Waals surface area contributed by atoms with Gasteiger partial charge in [0, 0.05) is 19.0 Å². The molecule has 0 unspecified atom stereocenters. The van der Waals surface area contributed by atoms with E-state index in [1.165, 1.54) is 36.9 Å². The van der Waals surface area contributed by atoms with Crippen LogP contribution in [0.1, 0.15) is 44.1 Å². The van der Waals surface area contributed by atoms with Crippen molar-refractivity contribution in [2.24, 2.45) is 5.92 Å². The van der Waals surface area contributed by atoms with Crippen LogP contribution in [0.3, 0.4) is 0 Å². The summed E-state index contributed by atoms with van der Waals surface area (Å²) in [5.41, 5.74) is 3.45. The molecule has 0 bridgehead atoms. The predicted molar refractivity (Wildman–Crippen MR) is 83.2 cm³/mol. The van der Waals surface area contributed by atoms with Crippen LogP contribution in [0.25, 0.3) is 0 Å². The maximum atomic E-state index is 12.3. The summed E-state index contributed by atoms with van der Waals surface area (Å²) in [5, 5.41) is 3.18. The molecule has 2 aliphatic rings. The van der Waals surface area contributed by atoms with E-state index in [0.717, 1.165) is 31.6 Å². The number of nitrogens with one attached hydrogen (secondary N) is 1. The fourth-order valence-electron chi connectivity index (χ4n) is 3.39. The molecule has 3 rings (SSSR count). The molecule has 0 spiro atoms. The highest BCUT2D eigenvalue weighted by Crippen LogP contribution is 2.32. The molecule has 3 heteroatoms. The topological polar surface area (TPSA) is 32.3 Å². The molecule has 20 heavy (non-hydrogen) atoms. The van der Waals surface area contributed by atoms with Gasteiger partial charge in [-0.15, -0.1) is 0 Å². The van der Waals surface area contributed by atoms with Crippen molar-refractivity contribution < 1.29 is 4.79 Å². The lowest BCUT2D eigenvalue weighted by atomic mass is 10.1. The number of carbonyl (C=O) groups is 1. The normalized spacial score (nSPS) is 19.6. The number of amides is 1. The van der Waals surface area contributed by atoms with Gasteiger partial charge in [0.05, 0.1) is 11.4 Å². The van der Waals surface area contributed by atoms with Gasteiger partial charge < -0.3 is 10.2 Å². The average Bonchev–Trinajstić information content (AvgIpc) is 3.13. The zero-order chi connectivity index (χ0) is 13.9. The van der Waals surface area contributed by atoms with Crippen LogP contribution in [0.2, 0.25) is 0 Å². The van der Waals surface area contributed by atoms with Crippen molar-refractivity contribution in [2.45, 2.75) is 45.4 Å². The minimum atomic E-state index is 0.215. The fourth-order valence-corrected chi connectivity index (χ4v) is 3.39. The lowest BCUT2D eigenvalue weighted by Crippen LogP contribution is -2.24. The first-order valence-corrected chi connectivity index (χ1v) is 7.90. The van der Waals surface area contributed by atoms with Gasteiger partial charge in [-0.25, -0.2) is 0 Å². The van der Waals surface area contributed by atoms with Crippen LogP contribution < -0.4 is 10.2 Å². The molecule has 1 saturated carbocycles. The minimum Gasteiger partial charge on any atom is -0.370 e. The number of carbonyl (C=O) groups excluding carboxylic acids is 1. The SMILES string of the molecule is Cc1ccc(NC(=O)C2CCCC2)c(N2CCCC2)c1. The first-order valence-electron chi connectivity index (χ1n) is 7.90. The van der Waals surface area contributed by atoms with Crippen LogP contribution in [-0.2, 0) is 4.79 Å². The summed E-state index contributed by atoms with van der Waals surface area (Å²) < 4.78 is 0. The lowest BCUT2D eigenvalue weighted by molar-refractivity contribution is -0.119.